The fourth-order valence-electron chi connectivity index (χ4n) is 1.33. The predicted octanol–water partition coefficient (Wildman–Crippen LogP) is 2.56. The van der Waals surface area contributed by atoms with Gasteiger partial charge in [-0.05, 0) is 17.5 Å². The molecule has 0 aromatic heterocycles. The third-order valence-corrected chi connectivity index (χ3v) is 2.22. The molecule has 0 aliphatic rings. The second-order valence-electron chi connectivity index (χ2n) is 5.10. The van der Waals surface area contributed by atoms with Crippen LogP contribution in [0, 0.1) is 11.2 Å². The first kappa shape index (κ1) is 13.3. The Labute approximate surface area is 99.6 Å². The number of anilines is 2. The molecule has 0 bridgehead atoms. The van der Waals surface area contributed by atoms with Gasteiger partial charge in [0.05, 0.1) is 11.4 Å². The molecule has 0 aliphatic carbocycles. The molecule has 0 saturated heterocycles. The topological polar surface area (TPSA) is 75.3 Å². The molecule has 0 aliphatic heterocycles. The van der Waals surface area contributed by atoms with Crippen LogP contribution in [0.3, 0.4) is 0 Å². The summed E-state index contributed by atoms with van der Waals surface area (Å²) in [7, 11) is 0. The minimum atomic E-state index is -1.24. The fourth-order valence-corrected chi connectivity index (χ4v) is 1.33. The van der Waals surface area contributed by atoms with Gasteiger partial charge in [-0.1, -0.05) is 20.8 Å². The van der Waals surface area contributed by atoms with E-state index in [0.29, 0.717) is 12.2 Å². The van der Waals surface area contributed by atoms with Crippen molar-refractivity contribution in [2.45, 2.75) is 20.8 Å². The van der Waals surface area contributed by atoms with Crippen LogP contribution in [0.1, 0.15) is 31.1 Å². The summed E-state index contributed by atoms with van der Waals surface area (Å²) in [6.45, 7) is 6.59. The zero-order valence-corrected chi connectivity index (χ0v) is 10.2. The molecule has 0 amide bonds. The molecule has 0 unspecified atom stereocenters. The average Bonchev–Trinajstić information content (AvgIpc) is 2.18. The highest BCUT2D eigenvalue weighted by Gasteiger charge is 2.18. The van der Waals surface area contributed by atoms with Crippen LogP contribution < -0.4 is 11.1 Å². The predicted molar refractivity (Wildman–Crippen MR) is 65.7 cm³/mol. The van der Waals surface area contributed by atoms with Gasteiger partial charge in [-0.3, -0.25) is 0 Å². The molecule has 17 heavy (non-hydrogen) atoms. The smallest absolute Gasteiger partial charge is 0.340 e. The van der Waals surface area contributed by atoms with Crippen molar-refractivity contribution in [3.8, 4) is 0 Å². The van der Waals surface area contributed by atoms with Gasteiger partial charge in [-0.2, -0.15) is 0 Å². The Bertz CT molecular complexity index is 439. The summed E-state index contributed by atoms with van der Waals surface area (Å²) in [4.78, 5) is 11.0. The van der Waals surface area contributed by atoms with E-state index in [1.165, 1.54) is 6.07 Å². The number of nitrogens with two attached hydrogens (primary N) is 1. The van der Waals surface area contributed by atoms with Crippen LogP contribution in [0.25, 0.3) is 0 Å². The van der Waals surface area contributed by atoms with E-state index in [0.717, 1.165) is 6.07 Å². The first-order chi connectivity index (χ1) is 7.72. The Morgan fingerprint density at radius 2 is 2.06 bits per heavy atom. The van der Waals surface area contributed by atoms with Crippen LogP contribution in [0.4, 0.5) is 15.8 Å². The molecule has 1 aromatic carbocycles. The Hall–Kier alpha value is -1.78. The van der Waals surface area contributed by atoms with E-state index in [1.54, 1.807) is 0 Å². The molecule has 4 N–H and O–H groups in total. The quantitative estimate of drug-likeness (QED) is 0.710. The standard InChI is InChI=1S/C12H17FN2O2/c1-12(2,3)6-15-8-5-4-7(13)10(14)9(8)11(16)17/h4-5,15H,6,14H2,1-3H3,(H,16,17). The molecule has 1 rings (SSSR count). The van der Waals surface area contributed by atoms with Gasteiger partial charge in [0.2, 0.25) is 0 Å². The van der Waals surface area contributed by atoms with Crippen LogP contribution in [0.2, 0.25) is 0 Å². The van der Waals surface area contributed by atoms with Gasteiger partial charge < -0.3 is 16.2 Å². The van der Waals surface area contributed by atoms with E-state index in [4.69, 9.17) is 10.8 Å². The van der Waals surface area contributed by atoms with E-state index in [-0.39, 0.29) is 16.7 Å². The SMILES string of the molecule is CC(C)(C)CNc1ccc(F)c(N)c1C(=O)O. The van der Waals surface area contributed by atoms with Crippen molar-refractivity contribution in [2.24, 2.45) is 5.41 Å². The Balaban J connectivity index is 3.08. The van der Waals surface area contributed by atoms with E-state index >= 15 is 0 Å². The van der Waals surface area contributed by atoms with Crippen LogP contribution in [-0.4, -0.2) is 17.6 Å². The first-order valence-corrected chi connectivity index (χ1v) is 5.27. The normalized spacial score (nSPS) is 11.3. The number of carboxylic acid groups (broad SMARTS) is 1. The molecule has 0 spiro atoms. The third-order valence-electron chi connectivity index (χ3n) is 2.22. The number of aromatic carboxylic acids is 1. The van der Waals surface area contributed by atoms with Crippen molar-refractivity contribution < 1.29 is 14.3 Å². The second-order valence-corrected chi connectivity index (χ2v) is 5.10. The summed E-state index contributed by atoms with van der Waals surface area (Å²) in [5.74, 6) is -1.96. The second kappa shape index (κ2) is 4.61. The number of halogens is 1. The molecule has 0 heterocycles. The molecule has 4 nitrogen and oxygen atoms in total. The molecule has 0 atom stereocenters. The monoisotopic (exact) mass is 240 g/mol. The van der Waals surface area contributed by atoms with Crippen molar-refractivity contribution in [3.63, 3.8) is 0 Å². The Morgan fingerprint density at radius 1 is 1.47 bits per heavy atom. The maximum atomic E-state index is 13.2. The number of rotatable bonds is 3. The highest BCUT2D eigenvalue weighted by Crippen LogP contribution is 2.26. The van der Waals surface area contributed by atoms with Crippen molar-refractivity contribution in [2.75, 3.05) is 17.6 Å². The molecular weight excluding hydrogens is 223 g/mol. The lowest BCUT2D eigenvalue weighted by atomic mass is 9.96. The van der Waals surface area contributed by atoms with Gasteiger partial charge in [-0.25, -0.2) is 9.18 Å². The van der Waals surface area contributed by atoms with Gasteiger partial charge in [0.15, 0.2) is 0 Å². The summed E-state index contributed by atoms with van der Waals surface area (Å²) in [6.07, 6.45) is 0. The number of nitrogens with one attached hydrogen (secondary N) is 1. The molecule has 0 radical (unpaired) electrons. The lowest BCUT2D eigenvalue weighted by Crippen LogP contribution is -2.21. The number of benzene rings is 1. The van der Waals surface area contributed by atoms with Crippen LogP contribution >= 0.6 is 0 Å². The zero-order chi connectivity index (χ0) is 13.2. The summed E-state index contributed by atoms with van der Waals surface area (Å²) in [5.41, 5.74) is 5.20. The Morgan fingerprint density at radius 3 is 2.53 bits per heavy atom. The number of nitrogen functional groups attached to an aromatic ring is 1. The molecular formula is C12H17FN2O2. The highest BCUT2D eigenvalue weighted by molar-refractivity contribution is 6.00. The lowest BCUT2D eigenvalue weighted by molar-refractivity contribution is 0.0698. The molecule has 0 fully saturated rings. The van der Waals surface area contributed by atoms with Crippen molar-refractivity contribution in [3.05, 3.63) is 23.5 Å². The molecule has 5 heteroatoms. The number of carboxylic acids is 1. The lowest BCUT2D eigenvalue weighted by Gasteiger charge is -2.21. The highest BCUT2D eigenvalue weighted by atomic mass is 19.1. The molecule has 0 saturated carbocycles. The number of hydrogen-bond acceptors (Lipinski definition) is 3. The van der Waals surface area contributed by atoms with Gasteiger partial charge in [0, 0.05) is 6.54 Å². The number of carbonyl (C=O) groups is 1. The Kier molecular flexibility index (Phi) is 3.60. The maximum Gasteiger partial charge on any atom is 0.340 e. The summed E-state index contributed by atoms with van der Waals surface area (Å²) in [6, 6.07) is 2.55. The fraction of sp³-hybridized carbons (Fsp3) is 0.417. The van der Waals surface area contributed by atoms with E-state index < -0.39 is 11.8 Å². The first-order valence-electron chi connectivity index (χ1n) is 5.27. The zero-order valence-electron chi connectivity index (χ0n) is 10.2. The van der Waals surface area contributed by atoms with E-state index in [9.17, 15) is 9.18 Å². The van der Waals surface area contributed by atoms with Crippen LogP contribution in [0.15, 0.2) is 12.1 Å². The summed E-state index contributed by atoms with van der Waals surface area (Å²) in [5, 5.41) is 12.0. The van der Waals surface area contributed by atoms with Crippen LogP contribution in [-0.2, 0) is 0 Å². The largest absolute Gasteiger partial charge is 0.478 e. The molecule has 1 aromatic rings. The van der Waals surface area contributed by atoms with E-state index in [1.807, 2.05) is 20.8 Å². The van der Waals surface area contributed by atoms with Crippen LogP contribution in [0.5, 0.6) is 0 Å². The molecule has 94 valence electrons. The minimum Gasteiger partial charge on any atom is -0.478 e. The summed E-state index contributed by atoms with van der Waals surface area (Å²) >= 11 is 0. The number of hydrogen-bond donors (Lipinski definition) is 3. The average molecular weight is 240 g/mol. The van der Waals surface area contributed by atoms with Gasteiger partial charge in [-0.15, -0.1) is 0 Å². The third kappa shape index (κ3) is 3.34. The van der Waals surface area contributed by atoms with Crippen molar-refractivity contribution in [1.82, 2.24) is 0 Å². The van der Waals surface area contributed by atoms with Gasteiger partial charge in [0.1, 0.15) is 11.4 Å². The van der Waals surface area contributed by atoms with E-state index in [2.05, 4.69) is 5.32 Å². The van der Waals surface area contributed by atoms with Gasteiger partial charge in [0.25, 0.3) is 0 Å². The van der Waals surface area contributed by atoms with Crippen molar-refractivity contribution in [1.29, 1.82) is 0 Å². The summed E-state index contributed by atoms with van der Waals surface area (Å²) < 4.78 is 13.2. The van der Waals surface area contributed by atoms with Gasteiger partial charge >= 0.3 is 5.97 Å². The maximum absolute atomic E-state index is 13.2. The van der Waals surface area contributed by atoms with Crippen molar-refractivity contribution >= 4 is 17.3 Å². The minimum absolute atomic E-state index is 0.0150.